The molecule has 0 fully saturated rings. The smallest absolute Gasteiger partial charge is 0.158 e. The van der Waals surface area contributed by atoms with Crippen LogP contribution in [0.3, 0.4) is 0 Å². The Labute approximate surface area is 74.6 Å². The first-order chi connectivity index (χ1) is 5.72. The van der Waals surface area contributed by atoms with E-state index in [4.69, 9.17) is 4.74 Å². The number of ketones is 1. The third kappa shape index (κ3) is 5.08. The van der Waals surface area contributed by atoms with Crippen LogP contribution >= 0.6 is 0 Å². The Morgan fingerprint density at radius 1 is 1.33 bits per heavy atom. The molecular weight excluding hydrogens is 152 g/mol. The van der Waals surface area contributed by atoms with Gasteiger partial charge in [0.15, 0.2) is 5.78 Å². The molecule has 0 rings (SSSR count). The van der Waals surface area contributed by atoms with Gasteiger partial charge in [-0.1, -0.05) is 20.4 Å². The fourth-order valence-corrected chi connectivity index (χ4v) is 0.831. The highest BCUT2D eigenvalue weighted by Gasteiger charge is 2.02. The van der Waals surface area contributed by atoms with Crippen molar-refractivity contribution in [2.75, 3.05) is 13.2 Å². The van der Waals surface area contributed by atoms with E-state index in [9.17, 15) is 4.79 Å². The van der Waals surface area contributed by atoms with Crippen LogP contribution in [0.25, 0.3) is 0 Å². The fraction of sp³-hybridized carbons (Fsp3) is 0.700. The zero-order valence-corrected chi connectivity index (χ0v) is 8.06. The van der Waals surface area contributed by atoms with Gasteiger partial charge in [0.1, 0.15) is 0 Å². The Hall–Kier alpha value is -0.630. The number of hydrogen-bond acceptors (Lipinski definition) is 2. The maximum Gasteiger partial charge on any atom is 0.158 e. The second kappa shape index (κ2) is 7.04. The van der Waals surface area contributed by atoms with E-state index in [1.54, 1.807) is 0 Å². The SMILES string of the molecule is C=C(CCOCCC)C(=O)CC. The van der Waals surface area contributed by atoms with Gasteiger partial charge in [-0.2, -0.15) is 0 Å². The summed E-state index contributed by atoms with van der Waals surface area (Å²) in [6, 6.07) is 0. The van der Waals surface area contributed by atoms with Crippen molar-refractivity contribution in [1.82, 2.24) is 0 Å². The van der Waals surface area contributed by atoms with Crippen LogP contribution < -0.4 is 0 Å². The number of rotatable bonds is 7. The van der Waals surface area contributed by atoms with Crippen LogP contribution in [0.2, 0.25) is 0 Å². The molecule has 0 aliphatic carbocycles. The Bertz CT molecular complexity index is 150. The molecule has 0 aromatic carbocycles. The minimum atomic E-state index is 0.148. The Morgan fingerprint density at radius 2 is 2.00 bits per heavy atom. The molecule has 2 nitrogen and oxygen atoms in total. The second-order valence-corrected chi connectivity index (χ2v) is 2.74. The highest BCUT2D eigenvalue weighted by molar-refractivity contribution is 5.94. The number of Topliss-reactive ketones (excluding diaryl/α,β-unsaturated/α-hetero) is 1. The summed E-state index contributed by atoms with van der Waals surface area (Å²) in [5, 5.41) is 0. The molecule has 0 aliphatic heterocycles. The highest BCUT2D eigenvalue weighted by Crippen LogP contribution is 2.02. The lowest BCUT2D eigenvalue weighted by Crippen LogP contribution is -2.03. The van der Waals surface area contributed by atoms with Crippen molar-refractivity contribution >= 4 is 5.78 Å². The van der Waals surface area contributed by atoms with Crippen LogP contribution in [-0.4, -0.2) is 19.0 Å². The molecule has 0 N–H and O–H groups in total. The van der Waals surface area contributed by atoms with E-state index in [2.05, 4.69) is 13.5 Å². The van der Waals surface area contributed by atoms with Gasteiger partial charge in [-0.3, -0.25) is 4.79 Å². The molecule has 0 unspecified atom stereocenters. The number of carbonyl (C=O) groups excluding carboxylic acids is 1. The van der Waals surface area contributed by atoms with Gasteiger partial charge in [0.2, 0.25) is 0 Å². The lowest BCUT2D eigenvalue weighted by molar-refractivity contribution is -0.115. The van der Waals surface area contributed by atoms with Crippen molar-refractivity contribution in [3.63, 3.8) is 0 Å². The molecule has 0 aliphatic rings. The monoisotopic (exact) mass is 170 g/mol. The summed E-state index contributed by atoms with van der Waals surface area (Å²) in [5.74, 6) is 0.148. The molecule has 0 atom stereocenters. The lowest BCUT2D eigenvalue weighted by atomic mass is 10.1. The number of ether oxygens (including phenoxy) is 1. The summed E-state index contributed by atoms with van der Waals surface area (Å²) in [4.78, 5) is 11.0. The average molecular weight is 170 g/mol. The Morgan fingerprint density at radius 3 is 2.50 bits per heavy atom. The van der Waals surface area contributed by atoms with E-state index < -0.39 is 0 Å². The zero-order valence-electron chi connectivity index (χ0n) is 8.06. The third-order valence-corrected chi connectivity index (χ3v) is 1.61. The van der Waals surface area contributed by atoms with Crippen molar-refractivity contribution in [2.24, 2.45) is 0 Å². The van der Waals surface area contributed by atoms with Gasteiger partial charge in [-0.15, -0.1) is 0 Å². The molecule has 0 saturated heterocycles. The van der Waals surface area contributed by atoms with E-state index in [-0.39, 0.29) is 5.78 Å². The second-order valence-electron chi connectivity index (χ2n) is 2.74. The maximum atomic E-state index is 11.0. The summed E-state index contributed by atoms with van der Waals surface area (Å²) in [6.45, 7) is 9.00. The largest absolute Gasteiger partial charge is 0.381 e. The van der Waals surface area contributed by atoms with Gasteiger partial charge in [-0.25, -0.2) is 0 Å². The van der Waals surface area contributed by atoms with Crippen molar-refractivity contribution in [2.45, 2.75) is 33.1 Å². The van der Waals surface area contributed by atoms with Crippen molar-refractivity contribution in [1.29, 1.82) is 0 Å². The van der Waals surface area contributed by atoms with E-state index in [0.717, 1.165) is 13.0 Å². The molecule has 0 aromatic rings. The first-order valence-electron chi connectivity index (χ1n) is 4.51. The van der Waals surface area contributed by atoms with Crippen molar-refractivity contribution in [3.05, 3.63) is 12.2 Å². The molecular formula is C10H18O2. The minimum Gasteiger partial charge on any atom is -0.381 e. The van der Waals surface area contributed by atoms with Crippen LogP contribution in [0.1, 0.15) is 33.1 Å². The van der Waals surface area contributed by atoms with Crippen LogP contribution in [0.5, 0.6) is 0 Å². The predicted molar refractivity (Wildman–Crippen MR) is 50.2 cm³/mol. The molecule has 2 heteroatoms. The molecule has 70 valence electrons. The van der Waals surface area contributed by atoms with Gasteiger partial charge < -0.3 is 4.74 Å². The first kappa shape index (κ1) is 11.4. The minimum absolute atomic E-state index is 0.148. The Kier molecular flexibility index (Phi) is 6.67. The van der Waals surface area contributed by atoms with E-state index in [0.29, 0.717) is 25.0 Å². The molecule has 0 radical (unpaired) electrons. The van der Waals surface area contributed by atoms with Gasteiger partial charge >= 0.3 is 0 Å². The molecule has 0 saturated carbocycles. The normalized spacial score (nSPS) is 9.83. The summed E-state index contributed by atoms with van der Waals surface area (Å²) < 4.78 is 5.24. The van der Waals surface area contributed by atoms with Gasteiger partial charge in [0.25, 0.3) is 0 Å². The van der Waals surface area contributed by atoms with Crippen molar-refractivity contribution < 1.29 is 9.53 Å². The molecule has 0 amide bonds. The zero-order chi connectivity index (χ0) is 9.40. The molecule has 0 spiro atoms. The van der Waals surface area contributed by atoms with Gasteiger partial charge in [-0.05, 0) is 18.4 Å². The average Bonchev–Trinajstić information content (AvgIpc) is 2.10. The van der Waals surface area contributed by atoms with Crippen LogP contribution in [-0.2, 0) is 9.53 Å². The van der Waals surface area contributed by atoms with Gasteiger partial charge in [0.05, 0.1) is 6.61 Å². The number of hydrogen-bond donors (Lipinski definition) is 0. The number of carbonyl (C=O) groups is 1. The maximum absolute atomic E-state index is 11.0. The van der Waals surface area contributed by atoms with Crippen molar-refractivity contribution in [3.8, 4) is 0 Å². The lowest BCUT2D eigenvalue weighted by Gasteiger charge is -2.03. The van der Waals surface area contributed by atoms with Crippen LogP contribution in [0, 0.1) is 0 Å². The van der Waals surface area contributed by atoms with Gasteiger partial charge in [0, 0.05) is 13.0 Å². The summed E-state index contributed by atoms with van der Waals surface area (Å²) in [5.41, 5.74) is 0.689. The van der Waals surface area contributed by atoms with E-state index >= 15 is 0 Å². The van der Waals surface area contributed by atoms with Crippen LogP contribution in [0.15, 0.2) is 12.2 Å². The quantitative estimate of drug-likeness (QED) is 0.433. The molecule has 0 heterocycles. The topological polar surface area (TPSA) is 26.3 Å². The summed E-state index contributed by atoms with van der Waals surface area (Å²) >= 11 is 0. The van der Waals surface area contributed by atoms with E-state index in [1.165, 1.54) is 0 Å². The summed E-state index contributed by atoms with van der Waals surface area (Å²) in [7, 11) is 0. The van der Waals surface area contributed by atoms with Crippen LogP contribution in [0.4, 0.5) is 0 Å². The molecule has 12 heavy (non-hydrogen) atoms. The molecule has 0 bridgehead atoms. The summed E-state index contributed by atoms with van der Waals surface area (Å²) in [6.07, 6.45) is 2.24. The van der Waals surface area contributed by atoms with E-state index in [1.807, 2.05) is 6.92 Å². The standard InChI is InChI=1S/C10H18O2/c1-4-7-12-8-6-9(3)10(11)5-2/h3-8H2,1-2H3. The predicted octanol–water partition coefficient (Wildman–Crippen LogP) is 2.34. The third-order valence-electron chi connectivity index (χ3n) is 1.61. The Balaban J connectivity index is 3.38. The first-order valence-corrected chi connectivity index (χ1v) is 4.51. The highest BCUT2D eigenvalue weighted by atomic mass is 16.5. The molecule has 0 aromatic heterocycles. The fourth-order valence-electron chi connectivity index (χ4n) is 0.831.